The Hall–Kier alpha value is -3.05. The largest absolute Gasteiger partial charge is 0.490 e. The molecule has 3 aromatic carbocycles. The summed E-state index contributed by atoms with van der Waals surface area (Å²) in [6, 6.07) is 15.2. The van der Waals surface area contributed by atoms with Crippen molar-refractivity contribution in [2.24, 2.45) is 0 Å². The molecule has 2 unspecified atom stereocenters. The van der Waals surface area contributed by atoms with Crippen molar-refractivity contribution in [3.63, 3.8) is 0 Å². The van der Waals surface area contributed by atoms with Crippen molar-refractivity contribution < 1.29 is 22.6 Å². The molecule has 0 spiro atoms. The van der Waals surface area contributed by atoms with E-state index < -0.39 is 11.6 Å². The lowest BCUT2D eigenvalue weighted by Crippen LogP contribution is -2.23. The van der Waals surface area contributed by atoms with Gasteiger partial charge < -0.3 is 9.47 Å². The second kappa shape index (κ2) is 10.9. The molecule has 5 heteroatoms. The van der Waals surface area contributed by atoms with Gasteiger partial charge in [-0.2, -0.15) is 4.39 Å². The predicted octanol–water partition coefficient (Wildman–Crippen LogP) is 8.07. The summed E-state index contributed by atoms with van der Waals surface area (Å²) in [5.41, 5.74) is 2.89. The van der Waals surface area contributed by atoms with Crippen LogP contribution in [0, 0.1) is 17.5 Å². The average molecular weight is 467 g/mol. The van der Waals surface area contributed by atoms with E-state index in [0.717, 1.165) is 24.0 Å². The summed E-state index contributed by atoms with van der Waals surface area (Å²) < 4.78 is 55.0. The SMILES string of the molecule is C/C=C/C1CCC(c2ccc(-c3ccc(-c4ccc(OCCC)c(F)c4F)cc3)cc2F)CO1. The Balaban J connectivity index is 1.50. The van der Waals surface area contributed by atoms with Crippen LogP contribution in [0.2, 0.25) is 0 Å². The summed E-state index contributed by atoms with van der Waals surface area (Å²) in [6.45, 7) is 4.69. The van der Waals surface area contributed by atoms with Crippen LogP contribution in [-0.4, -0.2) is 19.3 Å². The maximum Gasteiger partial charge on any atom is 0.201 e. The Kier molecular flexibility index (Phi) is 7.73. The summed E-state index contributed by atoms with van der Waals surface area (Å²) >= 11 is 0. The van der Waals surface area contributed by atoms with Crippen LogP contribution >= 0.6 is 0 Å². The molecule has 0 aliphatic carbocycles. The fraction of sp³-hybridized carbons (Fsp3) is 0.310. The molecule has 2 atom stereocenters. The number of benzene rings is 3. The Labute approximate surface area is 199 Å². The Bertz CT molecular complexity index is 1150. The average Bonchev–Trinajstić information content (AvgIpc) is 2.86. The molecular weight excluding hydrogens is 437 g/mol. The van der Waals surface area contributed by atoms with Gasteiger partial charge >= 0.3 is 0 Å². The molecule has 1 aliphatic heterocycles. The van der Waals surface area contributed by atoms with E-state index in [4.69, 9.17) is 9.47 Å². The van der Waals surface area contributed by atoms with Crippen LogP contribution in [0.4, 0.5) is 13.2 Å². The normalized spacial score (nSPS) is 18.4. The second-order valence-corrected chi connectivity index (χ2v) is 8.57. The van der Waals surface area contributed by atoms with Gasteiger partial charge in [0.25, 0.3) is 0 Å². The summed E-state index contributed by atoms with van der Waals surface area (Å²) in [7, 11) is 0. The molecule has 0 bridgehead atoms. The molecule has 0 amide bonds. The van der Waals surface area contributed by atoms with Crippen LogP contribution in [-0.2, 0) is 4.74 Å². The highest BCUT2D eigenvalue weighted by molar-refractivity contribution is 5.71. The van der Waals surface area contributed by atoms with Crippen LogP contribution in [0.1, 0.15) is 44.6 Å². The van der Waals surface area contributed by atoms with Crippen LogP contribution in [0.25, 0.3) is 22.3 Å². The van der Waals surface area contributed by atoms with Crippen molar-refractivity contribution in [2.45, 2.75) is 45.1 Å². The van der Waals surface area contributed by atoms with Crippen molar-refractivity contribution in [3.8, 4) is 28.0 Å². The first-order valence-electron chi connectivity index (χ1n) is 11.8. The summed E-state index contributed by atoms with van der Waals surface area (Å²) in [5.74, 6) is -2.23. The van der Waals surface area contributed by atoms with Gasteiger partial charge in [-0.3, -0.25) is 0 Å². The fourth-order valence-electron chi connectivity index (χ4n) is 4.34. The van der Waals surface area contributed by atoms with Crippen molar-refractivity contribution >= 4 is 0 Å². The molecule has 4 rings (SSSR count). The molecule has 0 aromatic heterocycles. The smallest absolute Gasteiger partial charge is 0.201 e. The van der Waals surface area contributed by atoms with Crippen molar-refractivity contribution in [3.05, 3.63) is 89.8 Å². The summed E-state index contributed by atoms with van der Waals surface area (Å²) in [5, 5.41) is 0. The molecule has 178 valence electrons. The minimum absolute atomic E-state index is 0.0417. The number of hydrogen-bond donors (Lipinski definition) is 0. The number of hydrogen-bond acceptors (Lipinski definition) is 2. The third kappa shape index (κ3) is 5.20. The minimum atomic E-state index is -0.989. The molecule has 1 aliphatic rings. The molecule has 0 N–H and O–H groups in total. The van der Waals surface area contributed by atoms with E-state index in [9.17, 15) is 13.2 Å². The van der Waals surface area contributed by atoms with E-state index >= 15 is 0 Å². The summed E-state index contributed by atoms with van der Waals surface area (Å²) in [4.78, 5) is 0. The highest BCUT2D eigenvalue weighted by atomic mass is 19.2. The van der Waals surface area contributed by atoms with E-state index in [-0.39, 0.29) is 29.2 Å². The van der Waals surface area contributed by atoms with Crippen LogP contribution in [0.3, 0.4) is 0 Å². The zero-order valence-electron chi connectivity index (χ0n) is 19.5. The highest BCUT2D eigenvalue weighted by Crippen LogP contribution is 2.34. The Morgan fingerprint density at radius 2 is 1.65 bits per heavy atom. The van der Waals surface area contributed by atoms with Gasteiger partial charge in [-0.25, -0.2) is 8.78 Å². The van der Waals surface area contributed by atoms with Gasteiger partial charge in [0.15, 0.2) is 11.6 Å². The lowest BCUT2D eigenvalue weighted by Gasteiger charge is -2.28. The number of ether oxygens (including phenoxy) is 2. The molecule has 0 radical (unpaired) electrons. The second-order valence-electron chi connectivity index (χ2n) is 8.57. The molecule has 1 fully saturated rings. The van der Waals surface area contributed by atoms with Crippen LogP contribution < -0.4 is 4.74 Å². The van der Waals surface area contributed by atoms with E-state index in [1.165, 1.54) is 18.2 Å². The van der Waals surface area contributed by atoms with E-state index in [0.29, 0.717) is 30.8 Å². The lowest BCUT2D eigenvalue weighted by atomic mass is 9.89. The zero-order valence-corrected chi connectivity index (χ0v) is 19.5. The molecule has 34 heavy (non-hydrogen) atoms. The van der Waals surface area contributed by atoms with Gasteiger partial charge in [0, 0.05) is 11.5 Å². The van der Waals surface area contributed by atoms with Gasteiger partial charge in [-0.1, -0.05) is 55.5 Å². The molecule has 1 heterocycles. The van der Waals surface area contributed by atoms with Crippen molar-refractivity contribution in [1.82, 2.24) is 0 Å². The third-order valence-corrected chi connectivity index (χ3v) is 6.20. The fourth-order valence-corrected chi connectivity index (χ4v) is 4.34. The first-order chi connectivity index (χ1) is 16.5. The van der Waals surface area contributed by atoms with Gasteiger partial charge in [0.1, 0.15) is 5.82 Å². The van der Waals surface area contributed by atoms with Crippen molar-refractivity contribution in [2.75, 3.05) is 13.2 Å². The Morgan fingerprint density at radius 3 is 2.29 bits per heavy atom. The monoisotopic (exact) mass is 466 g/mol. The van der Waals surface area contributed by atoms with Crippen LogP contribution in [0.15, 0.2) is 66.7 Å². The van der Waals surface area contributed by atoms with E-state index in [1.807, 2.05) is 38.1 Å². The molecule has 0 saturated carbocycles. The predicted molar refractivity (Wildman–Crippen MR) is 130 cm³/mol. The van der Waals surface area contributed by atoms with E-state index in [1.54, 1.807) is 24.3 Å². The first kappa shape index (κ1) is 24.1. The van der Waals surface area contributed by atoms with Gasteiger partial charge in [-0.15, -0.1) is 0 Å². The molecule has 3 aromatic rings. The quantitative estimate of drug-likeness (QED) is 0.328. The molecule has 2 nitrogen and oxygen atoms in total. The van der Waals surface area contributed by atoms with Gasteiger partial charge in [0.05, 0.1) is 19.3 Å². The number of halogens is 3. The van der Waals surface area contributed by atoms with Gasteiger partial charge in [0.2, 0.25) is 5.82 Å². The van der Waals surface area contributed by atoms with Crippen LogP contribution in [0.5, 0.6) is 5.75 Å². The van der Waals surface area contributed by atoms with E-state index in [2.05, 4.69) is 0 Å². The van der Waals surface area contributed by atoms with Crippen molar-refractivity contribution in [1.29, 1.82) is 0 Å². The maximum atomic E-state index is 15.0. The molecular formula is C29H29F3O2. The lowest BCUT2D eigenvalue weighted by molar-refractivity contribution is 0.0319. The topological polar surface area (TPSA) is 18.5 Å². The van der Waals surface area contributed by atoms with Gasteiger partial charge in [-0.05, 0) is 66.6 Å². The zero-order chi connectivity index (χ0) is 24.1. The number of rotatable bonds is 7. The minimum Gasteiger partial charge on any atom is -0.490 e. The highest BCUT2D eigenvalue weighted by Gasteiger charge is 2.24. The Morgan fingerprint density at radius 1 is 0.912 bits per heavy atom. The number of allylic oxidation sites excluding steroid dienone is 1. The standard InChI is InChI=1S/C29H29F3O2/c1-3-5-23-12-10-22(18-34-23)24-13-11-21(17-26(24)30)19-6-8-20(9-7-19)25-14-15-27(33-16-4-2)29(32)28(25)31/h3,5-9,11,13-15,17,22-23H,4,10,12,16,18H2,1-2H3/b5-3+. The summed E-state index contributed by atoms with van der Waals surface area (Å²) in [6.07, 6.45) is 6.59. The maximum absolute atomic E-state index is 15.0. The third-order valence-electron chi connectivity index (χ3n) is 6.20. The first-order valence-corrected chi connectivity index (χ1v) is 11.8. The molecule has 1 saturated heterocycles.